The van der Waals surface area contributed by atoms with Gasteiger partial charge in [0, 0.05) is 0 Å². The summed E-state index contributed by atoms with van der Waals surface area (Å²) in [6, 6.07) is 5.60. The highest BCUT2D eigenvalue weighted by molar-refractivity contribution is 6.04. The maximum absolute atomic E-state index is 12.1. The number of para-hydroxylation sites is 1. The van der Waals surface area contributed by atoms with Crippen LogP contribution in [0, 0.1) is 5.92 Å². The molecule has 98 valence electrons. The van der Waals surface area contributed by atoms with Gasteiger partial charge in [-0.25, -0.2) is 0 Å². The number of nitrogens with one attached hydrogen (secondary N) is 2. The molecule has 2 unspecified atom stereocenters. The zero-order chi connectivity index (χ0) is 13.1. The first-order valence-electron chi connectivity index (χ1n) is 6.50. The zero-order valence-corrected chi connectivity index (χ0v) is 11.1. The van der Waals surface area contributed by atoms with Crippen LogP contribution in [0.15, 0.2) is 18.2 Å². The van der Waals surface area contributed by atoms with Crippen LogP contribution in [0.4, 0.5) is 11.4 Å². The standard InChI is InChI=1S/C14H20N2O2/c1-4-9(3)12-14(17)16-13-10(15-12)7-6-8-11(13)18-5-2/h6-9,12,15H,4-5H2,1-3H3,(H,16,17). The van der Waals surface area contributed by atoms with E-state index in [1.165, 1.54) is 0 Å². The minimum atomic E-state index is -0.167. The first kappa shape index (κ1) is 12.7. The largest absolute Gasteiger partial charge is 0.492 e. The van der Waals surface area contributed by atoms with Crippen LogP contribution < -0.4 is 15.4 Å². The van der Waals surface area contributed by atoms with Gasteiger partial charge in [0.05, 0.1) is 12.3 Å². The molecule has 4 nitrogen and oxygen atoms in total. The molecule has 1 aliphatic rings. The van der Waals surface area contributed by atoms with E-state index in [4.69, 9.17) is 4.74 Å². The van der Waals surface area contributed by atoms with Gasteiger partial charge in [0.15, 0.2) is 0 Å². The molecule has 2 N–H and O–H groups in total. The number of fused-ring (bicyclic) bond motifs is 1. The summed E-state index contributed by atoms with van der Waals surface area (Å²) in [4.78, 5) is 12.1. The maximum atomic E-state index is 12.1. The molecule has 1 aromatic carbocycles. The Labute approximate surface area is 108 Å². The number of carbonyl (C=O) groups excluding carboxylic acids is 1. The van der Waals surface area contributed by atoms with Crippen molar-refractivity contribution >= 4 is 17.3 Å². The van der Waals surface area contributed by atoms with Crippen molar-refractivity contribution in [1.29, 1.82) is 0 Å². The van der Waals surface area contributed by atoms with Crippen LogP contribution in [-0.2, 0) is 4.79 Å². The summed E-state index contributed by atoms with van der Waals surface area (Å²) in [5, 5.41) is 6.26. The van der Waals surface area contributed by atoms with E-state index in [2.05, 4.69) is 24.5 Å². The van der Waals surface area contributed by atoms with Gasteiger partial charge in [-0.3, -0.25) is 4.79 Å². The van der Waals surface area contributed by atoms with Crippen LogP contribution in [0.2, 0.25) is 0 Å². The fourth-order valence-corrected chi connectivity index (χ4v) is 2.13. The van der Waals surface area contributed by atoms with Crippen molar-refractivity contribution in [2.45, 2.75) is 33.2 Å². The second kappa shape index (κ2) is 5.29. The lowest BCUT2D eigenvalue weighted by Crippen LogP contribution is -2.43. The van der Waals surface area contributed by atoms with Gasteiger partial charge in [0.2, 0.25) is 5.91 Å². The molecule has 1 aliphatic heterocycles. The highest BCUT2D eigenvalue weighted by atomic mass is 16.5. The second-order valence-electron chi connectivity index (χ2n) is 4.61. The van der Waals surface area contributed by atoms with Crippen molar-refractivity contribution in [3.05, 3.63) is 18.2 Å². The Morgan fingerprint density at radius 3 is 2.83 bits per heavy atom. The van der Waals surface area contributed by atoms with Crippen molar-refractivity contribution in [3.63, 3.8) is 0 Å². The van der Waals surface area contributed by atoms with Crippen LogP contribution >= 0.6 is 0 Å². The van der Waals surface area contributed by atoms with E-state index in [0.29, 0.717) is 12.5 Å². The molecule has 1 amide bonds. The number of benzene rings is 1. The number of amides is 1. The summed E-state index contributed by atoms with van der Waals surface area (Å²) in [5.74, 6) is 1.04. The van der Waals surface area contributed by atoms with E-state index < -0.39 is 0 Å². The monoisotopic (exact) mass is 248 g/mol. The molecule has 18 heavy (non-hydrogen) atoms. The van der Waals surface area contributed by atoms with Gasteiger partial charge in [-0.1, -0.05) is 26.3 Å². The van der Waals surface area contributed by atoms with E-state index >= 15 is 0 Å². The molecule has 2 atom stereocenters. The zero-order valence-electron chi connectivity index (χ0n) is 11.1. The van der Waals surface area contributed by atoms with Crippen molar-refractivity contribution in [1.82, 2.24) is 0 Å². The summed E-state index contributed by atoms with van der Waals surface area (Å²) in [5.41, 5.74) is 1.69. The number of carbonyl (C=O) groups is 1. The molecule has 2 rings (SSSR count). The molecule has 0 radical (unpaired) electrons. The van der Waals surface area contributed by atoms with E-state index in [9.17, 15) is 4.79 Å². The van der Waals surface area contributed by atoms with Crippen LogP contribution in [0.5, 0.6) is 5.75 Å². The number of hydrogen-bond acceptors (Lipinski definition) is 3. The molecule has 0 saturated carbocycles. The van der Waals surface area contributed by atoms with Crippen molar-refractivity contribution < 1.29 is 9.53 Å². The lowest BCUT2D eigenvalue weighted by molar-refractivity contribution is -0.118. The average Bonchev–Trinajstić information content (AvgIpc) is 2.38. The normalized spacial score (nSPS) is 19.5. The Morgan fingerprint density at radius 1 is 1.39 bits per heavy atom. The van der Waals surface area contributed by atoms with Crippen LogP contribution in [0.1, 0.15) is 27.2 Å². The Morgan fingerprint density at radius 2 is 2.17 bits per heavy atom. The smallest absolute Gasteiger partial charge is 0.247 e. The van der Waals surface area contributed by atoms with Gasteiger partial charge in [-0.15, -0.1) is 0 Å². The first-order valence-corrected chi connectivity index (χ1v) is 6.50. The summed E-state index contributed by atoms with van der Waals surface area (Å²) in [7, 11) is 0. The molecule has 0 bridgehead atoms. The first-order chi connectivity index (χ1) is 8.67. The molecular weight excluding hydrogens is 228 g/mol. The predicted octanol–water partition coefficient (Wildman–Crippen LogP) is 2.86. The van der Waals surface area contributed by atoms with Gasteiger partial charge in [0.25, 0.3) is 0 Å². The Kier molecular flexibility index (Phi) is 3.75. The Balaban J connectivity index is 2.30. The third kappa shape index (κ3) is 2.28. The molecular formula is C14H20N2O2. The topological polar surface area (TPSA) is 50.4 Å². The Bertz CT molecular complexity index is 445. The number of anilines is 2. The number of ether oxygens (including phenoxy) is 1. The average molecular weight is 248 g/mol. The van der Waals surface area contributed by atoms with Gasteiger partial charge in [0.1, 0.15) is 17.5 Å². The van der Waals surface area contributed by atoms with Crippen LogP contribution in [0.25, 0.3) is 0 Å². The van der Waals surface area contributed by atoms with Crippen LogP contribution in [-0.4, -0.2) is 18.6 Å². The minimum absolute atomic E-state index is 0.0176. The highest BCUT2D eigenvalue weighted by Gasteiger charge is 2.30. The van der Waals surface area contributed by atoms with Gasteiger partial charge >= 0.3 is 0 Å². The fraction of sp³-hybridized carbons (Fsp3) is 0.500. The third-order valence-corrected chi connectivity index (χ3v) is 3.38. The molecule has 1 aromatic rings. The number of hydrogen-bond donors (Lipinski definition) is 2. The molecule has 4 heteroatoms. The fourth-order valence-electron chi connectivity index (χ4n) is 2.13. The number of rotatable bonds is 4. The van der Waals surface area contributed by atoms with Crippen molar-refractivity contribution in [2.75, 3.05) is 17.2 Å². The van der Waals surface area contributed by atoms with Crippen LogP contribution in [0.3, 0.4) is 0 Å². The lowest BCUT2D eigenvalue weighted by Gasteiger charge is -2.31. The van der Waals surface area contributed by atoms with Gasteiger partial charge < -0.3 is 15.4 Å². The van der Waals surface area contributed by atoms with E-state index in [1.54, 1.807) is 0 Å². The minimum Gasteiger partial charge on any atom is -0.492 e. The van der Waals surface area contributed by atoms with E-state index in [0.717, 1.165) is 23.5 Å². The van der Waals surface area contributed by atoms with Crippen molar-refractivity contribution in [2.24, 2.45) is 5.92 Å². The predicted molar refractivity (Wildman–Crippen MR) is 73.1 cm³/mol. The summed E-state index contributed by atoms with van der Waals surface area (Å²) in [6.45, 7) is 6.68. The van der Waals surface area contributed by atoms with E-state index in [-0.39, 0.29) is 11.9 Å². The molecule has 0 aromatic heterocycles. The SMILES string of the molecule is CCOc1cccc2c1NC(=O)C(C(C)CC)N2. The van der Waals surface area contributed by atoms with Crippen molar-refractivity contribution in [3.8, 4) is 5.75 Å². The molecule has 0 spiro atoms. The summed E-state index contributed by atoms with van der Waals surface area (Å²) >= 11 is 0. The highest BCUT2D eigenvalue weighted by Crippen LogP contribution is 2.36. The quantitative estimate of drug-likeness (QED) is 0.861. The molecule has 0 fully saturated rings. The molecule has 0 aliphatic carbocycles. The summed E-state index contributed by atoms with van der Waals surface area (Å²) in [6.07, 6.45) is 0.964. The summed E-state index contributed by atoms with van der Waals surface area (Å²) < 4.78 is 5.52. The lowest BCUT2D eigenvalue weighted by atomic mass is 9.96. The second-order valence-corrected chi connectivity index (χ2v) is 4.61. The maximum Gasteiger partial charge on any atom is 0.247 e. The molecule has 1 heterocycles. The Hall–Kier alpha value is -1.71. The van der Waals surface area contributed by atoms with Gasteiger partial charge in [-0.05, 0) is 25.0 Å². The molecule has 0 saturated heterocycles. The van der Waals surface area contributed by atoms with Gasteiger partial charge in [-0.2, -0.15) is 0 Å². The van der Waals surface area contributed by atoms with E-state index in [1.807, 2.05) is 25.1 Å². The third-order valence-electron chi connectivity index (χ3n) is 3.38.